The summed E-state index contributed by atoms with van der Waals surface area (Å²) < 4.78 is 22.8. The summed E-state index contributed by atoms with van der Waals surface area (Å²) in [6, 6.07) is 0. The van der Waals surface area contributed by atoms with E-state index in [-0.39, 0.29) is 32.2 Å². The number of carboxylic acids is 1. The third-order valence-electron chi connectivity index (χ3n) is 11.3. The summed E-state index contributed by atoms with van der Waals surface area (Å²) >= 11 is 0. The number of carboxylic acid groups (broad SMARTS) is 1. The topological polar surface area (TPSA) is 108 Å². The van der Waals surface area contributed by atoms with Crippen LogP contribution in [0.3, 0.4) is 0 Å². The first-order chi connectivity index (χ1) is 31.6. The van der Waals surface area contributed by atoms with E-state index in [1.807, 2.05) is 21.1 Å². The lowest BCUT2D eigenvalue weighted by molar-refractivity contribution is -0.870. The van der Waals surface area contributed by atoms with Crippen LogP contribution in [0.25, 0.3) is 0 Å². The predicted molar refractivity (Wildman–Crippen MR) is 272 cm³/mol. The third-order valence-corrected chi connectivity index (χ3v) is 11.3. The molecule has 2 atom stereocenters. The van der Waals surface area contributed by atoms with E-state index in [2.05, 4.69) is 74.6 Å². The normalized spacial score (nSPS) is 13.3. The van der Waals surface area contributed by atoms with Gasteiger partial charge in [0.25, 0.3) is 6.29 Å². The molecule has 2 unspecified atom stereocenters. The Bertz CT molecular complexity index is 1250. The van der Waals surface area contributed by atoms with E-state index in [0.717, 1.165) is 83.5 Å². The van der Waals surface area contributed by atoms with Gasteiger partial charge in [-0.05, 0) is 57.8 Å². The molecule has 0 bridgehead atoms. The van der Waals surface area contributed by atoms with Crippen molar-refractivity contribution in [2.45, 2.75) is 232 Å². The molecule has 376 valence electrons. The van der Waals surface area contributed by atoms with Crippen LogP contribution in [0.5, 0.6) is 0 Å². The second kappa shape index (κ2) is 47.5. The summed E-state index contributed by atoms with van der Waals surface area (Å²) in [6.07, 6.45) is 55.7. The van der Waals surface area contributed by atoms with Crippen LogP contribution in [0.4, 0.5) is 0 Å². The second-order valence-corrected chi connectivity index (χ2v) is 18.8. The van der Waals surface area contributed by atoms with Crippen LogP contribution in [0.1, 0.15) is 219 Å². The van der Waals surface area contributed by atoms with Crippen molar-refractivity contribution in [3.63, 3.8) is 0 Å². The molecule has 0 aromatic rings. The van der Waals surface area contributed by atoms with E-state index in [1.165, 1.54) is 103 Å². The molecule has 0 aromatic heterocycles. The van der Waals surface area contributed by atoms with Crippen LogP contribution >= 0.6 is 0 Å². The molecule has 0 aliphatic heterocycles. The molecule has 0 amide bonds. The lowest BCUT2D eigenvalue weighted by Crippen LogP contribution is -2.40. The van der Waals surface area contributed by atoms with Gasteiger partial charge in [0, 0.05) is 12.8 Å². The molecule has 1 N–H and O–H groups in total. The number of likely N-dealkylation sites (N-methyl/N-ethyl adjacent to an activating group) is 1. The van der Waals surface area contributed by atoms with Crippen molar-refractivity contribution >= 4 is 17.9 Å². The van der Waals surface area contributed by atoms with E-state index < -0.39 is 24.3 Å². The Kier molecular flexibility index (Phi) is 45.3. The van der Waals surface area contributed by atoms with Crippen LogP contribution in [0.15, 0.2) is 60.8 Å². The Morgan fingerprint density at radius 3 is 1.31 bits per heavy atom. The zero-order valence-corrected chi connectivity index (χ0v) is 42.6. The number of carbonyl (C=O) groups excluding carboxylic acids is 2. The summed E-state index contributed by atoms with van der Waals surface area (Å²) in [6.45, 7) is 4.75. The number of rotatable bonds is 48. The van der Waals surface area contributed by atoms with E-state index in [9.17, 15) is 19.5 Å². The first-order valence-electron chi connectivity index (χ1n) is 26.5. The Morgan fingerprint density at radius 2 is 0.877 bits per heavy atom. The molecule has 0 aliphatic rings. The summed E-state index contributed by atoms with van der Waals surface area (Å²) in [5.41, 5.74) is 0. The molecule has 9 heteroatoms. The van der Waals surface area contributed by atoms with Crippen LogP contribution in [-0.4, -0.2) is 87.4 Å². The lowest BCUT2D eigenvalue weighted by atomic mass is 10.0. The molecule has 0 radical (unpaired) electrons. The summed E-state index contributed by atoms with van der Waals surface area (Å²) in [4.78, 5) is 37.3. The molecule has 0 heterocycles. The monoisotopic (exact) mass is 915 g/mol. The van der Waals surface area contributed by atoms with Crippen molar-refractivity contribution < 1.29 is 42.9 Å². The Hall–Kier alpha value is -3.01. The first kappa shape index (κ1) is 62.0. The molecule has 9 nitrogen and oxygen atoms in total. The van der Waals surface area contributed by atoms with Gasteiger partial charge in [0.05, 0.1) is 34.4 Å². The van der Waals surface area contributed by atoms with Gasteiger partial charge in [0.1, 0.15) is 13.2 Å². The fourth-order valence-corrected chi connectivity index (χ4v) is 7.22. The summed E-state index contributed by atoms with van der Waals surface area (Å²) in [5, 5.41) is 9.68. The van der Waals surface area contributed by atoms with Gasteiger partial charge in [0.2, 0.25) is 0 Å². The molecular weight excluding hydrogens is 815 g/mol. The zero-order chi connectivity index (χ0) is 47.7. The lowest BCUT2D eigenvalue weighted by Gasteiger charge is -2.25. The molecule has 0 fully saturated rings. The number of hydrogen-bond donors (Lipinski definition) is 1. The van der Waals surface area contributed by atoms with Gasteiger partial charge in [-0.25, -0.2) is 4.79 Å². The van der Waals surface area contributed by atoms with Crippen molar-refractivity contribution in [2.75, 3.05) is 47.5 Å². The van der Waals surface area contributed by atoms with Crippen LogP contribution in [-0.2, 0) is 33.3 Å². The van der Waals surface area contributed by atoms with Gasteiger partial charge in [-0.2, -0.15) is 0 Å². The highest BCUT2D eigenvalue weighted by Crippen LogP contribution is 2.16. The highest BCUT2D eigenvalue weighted by atomic mass is 16.7. The van der Waals surface area contributed by atoms with Gasteiger partial charge in [-0.1, -0.05) is 209 Å². The standard InChI is InChI=1S/C56H99NO8/c1-6-8-10-12-14-16-18-20-22-24-26-27-29-31-33-35-37-39-41-43-45-47-54(59)65-52(51-64-56(55(60)61)62-49-48-57(3,4)5)50-63-53(58)46-44-42-40-38-36-34-32-30-28-25-23-21-19-17-15-13-11-9-7-2/h8,10,14,16,20,22,26-27,31,33,52,56H,6-7,9,11-13,15,17-19,21,23-25,28-30,32,34-51H2,1-5H3/p+1/b10-8-,16-14-,22-20-,27-26-,33-31-. The zero-order valence-electron chi connectivity index (χ0n) is 42.6. The quantitative estimate of drug-likeness (QED) is 0.0211. The highest BCUT2D eigenvalue weighted by molar-refractivity contribution is 5.71. The van der Waals surface area contributed by atoms with Crippen molar-refractivity contribution in [1.29, 1.82) is 0 Å². The number of hydrogen-bond acceptors (Lipinski definition) is 7. The molecule has 0 aliphatic carbocycles. The number of quaternary nitrogens is 1. The fraction of sp³-hybridized carbons (Fsp3) is 0.768. The minimum atomic E-state index is -1.52. The van der Waals surface area contributed by atoms with E-state index in [4.69, 9.17) is 18.9 Å². The minimum absolute atomic E-state index is 0.182. The molecule has 0 spiro atoms. The van der Waals surface area contributed by atoms with Gasteiger partial charge in [0.15, 0.2) is 6.10 Å². The molecule has 0 saturated carbocycles. The largest absolute Gasteiger partial charge is 0.477 e. The molecule has 0 rings (SSSR count). The number of esters is 2. The average Bonchev–Trinajstić information content (AvgIpc) is 3.27. The van der Waals surface area contributed by atoms with Crippen molar-refractivity contribution in [2.24, 2.45) is 0 Å². The Morgan fingerprint density at radius 1 is 0.477 bits per heavy atom. The number of allylic oxidation sites excluding steroid dienone is 10. The highest BCUT2D eigenvalue weighted by Gasteiger charge is 2.25. The van der Waals surface area contributed by atoms with Gasteiger partial charge in [-0.3, -0.25) is 9.59 Å². The van der Waals surface area contributed by atoms with Crippen LogP contribution < -0.4 is 0 Å². The minimum Gasteiger partial charge on any atom is -0.477 e. The molecule has 0 aromatic carbocycles. The van der Waals surface area contributed by atoms with Crippen molar-refractivity contribution in [3.05, 3.63) is 60.8 Å². The number of carbonyl (C=O) groups is 3. The van der Waals surface area contributed by atoms with Crippen LogP contribution in [0.2, 0.25) is 0 Å². The first-order valence-corrected chi connectivity index (χ1v) is 26.5. The number of unbranched alkanes of at least 4 members (excludes halogenated alkanes) is 23. The van der Waals surface area contributed by atoms with Gasteiger partial charge < -0.3 is 28.5 Å². The Labute approximate surface area is 399 Å². The molecular formula is C56H100NO8+. The van der Waals surface area contributed by atoms with E-state index >= 15 is 0 Å². The van der Waals surface area contributed by atoms with Crippen molar-refractivity contribution in [1.82, 2.24) is 0 Å². The molecule has 65 heavy (non-hydrogen) atoms. The van der Waals surface area contributed by atoms with Gasteiger partial charge in [-0.15, -0.1) is 0 Å². The Balaban J connectivity index is 4.36. The SMILES string of the molecule is CC/C=C\C/C=C\C/C=C\C/C=C\C/C=C\CCCCCCCC(=O)OC(COC(=O)CCCCCCCCCCCCCCCCCCCCC)COC(OCC[N+](C)(C)C)C(=O)O. The maximum Gasteiger partial charge on any atom is 0.361 e. The number of aliphatic carboxylic acids is 1. The summed E-state index contributed by atoms with van der Waals surface area (Å²) in [5.74, 6) is -2.03. The smallest absolute Gasteiger partial charge is 0.361 e. The summed E-state index contributed by atoms with van der Waals surface area (Å²) in [7, 11) is 5.96. The number of ether oxygens (including phenoxy) is 4. The third kappa shape index (κ3) is 48.7. The van der Waals surface area contributed by atoms with Crippen LogP contribution in [0, 0.1) is 0 Å². The van der Waals surface area contributed by atoms with E-state index in [0.29, 0.717) is 23.9 Å². The van der Waals surface area contributed by atoms with Crippen molar-refractivity contribution in [3.8, 4) is 0 Å². The second-order valence-electron chi connectivity index (χ2n) is 18.8. The van der Waals surface area contributed by atoms with E-state index in [1.54, 1.807) is 0 Å². The molecule has 0 saturated heterocycles. The average molecular weight is 915 g/mol. The maximum absolute atomic E-state index is 12.8. The number of nitrogens with zero attached hydrogens (tertiary/aromatic N) is 1. The fourth-order valence-electron chi connectivity index (χ4n) is 7.22. The predicted octanol–water partition coefficient (Wildman–Crippen LogP) is 14.9. The van der Waals surface area contributed by atoms with Gasteiger partial charge >= 0.3 is 17.9 Å². The maximum atomic E-state index is 12.8.